The molecular weight excluding hydrogens is 376 g/mol. The summed E-state index contributed by atoms with van der Waals surface area (Å²) in [4.78, 5) is 23.3. The number of amides is 1. The fourth-order valence-corrected chi connectivity index (χ4v) is 3.07. The number of nitrogens with zero attached hydrogens (tertiary/aromatic N) is 5. The Bertz CT molecular complexity index is 1190. The molecule has 2 aromatic heterocycles. The molecular formula is C21H17F2N5O. The molecule has 2 aromatic carbocycles. The van der Waals surface area contributed by atoms with Crippen molar-refractivity contribution in [2.24, 2.45) is 0 Å². The van der Waals surface area contributed by atoms with Crippen LogP contribution in [-0.4, -0.2) is 25.5 Å². The van der Waals surface area contributed by atoms with Gasteiger partial charge in [0.05, 0.1) is 6.54 Å². The molecule has 2 heterocycles. The monoisotopic (exact) mass is 393 g/mol. The molecule has 4 rings (SSSR count). The van der Waals surface area contributed by atoms with E-state index < -0.39 is 11.6 Å². The second-order valence-corrected chi connectivity index (χ2v) is 6.65. The van der Waals surface area contributed by atoms with Crippen molar-refractivity contribution in [1.29, 1.82) is 0 Å². The lowest BCUT2D eigenvalue weighted by Crippen LogP contribution is -2.31. The Morgan fingerprint density at radius 1 is 0.966 bits per heavy atom. The number of benzene rings is 2. The molecule has 29 heavy (non-hydrogen) atoms. The number of aromatic nitrogens is 4. The minimum atomic E-state index is -0.436. The zero-order valence-corrected chi connectivity index (χ0v) is 15.8. The molecule has 1 amide bonds. The quantitative estimate of drug-likeness (QED) is 0.528. The van der Waals surface area contributed by atoms with E-state index in [1.807, 2.05) is 19.9 Å². The number of anilines is 1. The third kappa shape index (κ3) is 3.82. The van der Waals surface area contributed by atoms with Gasteiger partial charge in [0.15, 0.2) is 5.82 Å². The number of hydrogen-bond donors (Lipinski definition) is 0. The third-order valence-electron chi connectivity index (χ3n) is 4.44. The molecule has 146 valence electrons. The maximum absolute atomic E-state index is 13.4. The van der Waals surface area contributed by atoms with E-state index in [0.29, 0.717) is 22.9 Å². The van der Waals surface area contributed by atoms with Gasteiger partial charge in [-0.25, -0.2) is 18.3 Å². The van der Waals surface area contributed by atoms with Crippen LogP contribution in [0.25, 0.3) is 5.78 Å². The smallest absolute Gasteiger partial charge is 0.258 e. The zero-order chi connectivity index (χ0) is 20.5. The second kappa shape index (κ2) is 7.38. The summed E-state index contributed by atoms with van der Waals surface area (Å²) in [6.45, 7) is 3.80. The number of carbonyl (C=O) groups excluding carboxylic acids is 1. The maximum Gasteiger partial charge on any atom is 0.258 e. The van der Waals surface area contributed by atoms with Crippen molar-refractivity contribution >= 4 is 17.4 Å². The predicted molar refractivity (Wildman–Crippen MR) is 104 cm³/mol. The van der Waals surface area contributed by atoms with Crippen molar-refractivity contribution < 1.29 is 13.6 Å². The van der Waals surface area contributed by atoms with E-state index in [-0.39, 0.29) is 12.5 Å². The van der Waals surface area contributed by atoms with Gasteiger partial charge in [-0.1, -0.05) is 0 Å². The zero-order valence-electron chi connectivity index (χ0n) is 15.8. The molecule has 0 aliphatic heterocycles. The van der Waals surface area contributed by atoms with E-state index in [4.69, 9.17) is 0 Å². The first-order chi connectivity index (χ1) is 13.9. The minimum absolute atomic E-state index is 0.0453. The van der Waals surface area contributed by atoms with Crippen LogP contribution in [0.1, 0.15) is 27.6 Å². The highest BCUT2D eigenvalue weighted by Gasteiger charge is 2.21. The van der Waals surface area contributed by atoms with Gasteiger partial charge in [0.25, 0.3) is 11.7 Å². The van der Waals surface area contributed by atoms with E-state index >= 15 is 0 Å². The first-order valence-electron chi connectivity index (χ1n) is 8.93. The molecule has 0 unspecified atom stereocenters. The lowest BCUT2D eigenvalue weighted by molar-refractivity contribution is 0.0984. The van der Waals surface area contributed by atoms with E-state index in [1.165, 1.54) is 53.4 Å². The maximum atomic E-state index is 13.4. The highest BCUT2D eigenvalue weighted by atomic mass is 19.1. The van der Waals surface area contributed by atoms with E-state index in [2.05, 4.69) is 15.1 Å². The summed E-state index contributed by atoms with van der Waals surface area (Å²) in [5.74, 6) is -0.411. The van der Waals surface area contributed by atoms with Crippen molar-refractivity contribution in [3.8, 4) is 0 Å². The summed E-state index contributed by atoms with van der Waals surface area (Å²) in [5.41, 5.74) is 2.45. The van der Waals surface area contributed by atoms with Gasteiger partial charge < -0.3 is 4.90 Å². The highest BCUT2D eigenvalue weighted by Crippen LogP contribution is 2.21. The average Bonchev–Trinajstić information content (AvgIpc) is 3.10. The molecule has 0 spiro atoms. The van der Waals surface area contributed by atoms with Crippen molar-refractivity contribution in [3.63, 3.8) is 0 Å². The number of fused-ring (bicyclic) bond motifs is 1. The van der Waals surface area contributed by atoms with Gasteiger partial charge in [0.1, 0.15) is 11.6 Å². The van der Waals surface area contributed by atoms with Gasteiger partial charge in [-0.3, -0.25) is 4.79 Å². The van der Waals surface area contributed by atoms with Crippen LogP contribution in [0.15, 0.2) is 54.6 Å². The fourth-order valence-electron chi connectivity index (χ4n) is 3.07. The second-order valence-electron chi connectivity index (χ2n) is 6.65. The van der Waals surface area contributed by atoms with Crippen molar-refractivity contribution in [2.75, 3.05) is 4.90 Å². The van der Waals surface area contributed by atoms with Crippen LogP contribution < -0.4 is 4.90 Å². The molecule has 4 aromatic rings. The number of aryl methyl sites for hydroxylation is 2. The number of rotatable bonds is 4. The Morgan fingerprint density at radius 2 is 1.59 bits per heavy atom. The molecule has 0 saturated carbocycles. The Kier molecular flexibility index (Phi) is 4.75. The number of carbonyl (C=O) groups is 1. The summed E-state index contributed by atoms with van der Waals surface area (Å²) in [5, 5.41) is 4.44. The molecule has 0 aliphatic carbocycles. The SMILES string of the molecule is Cc1cc(C)n2nc(CN(C(=O)c3ccc(F)cc3)c3ccc(F)cc3)nc2n1. The molecule has 0 bridgehead atoms. The van der Waals surface area contributed by atoms with Gasteiger partial charge in [-0.2, -0.15) is 4.98 Å². The molecule has 0 saturated heterocycles. The molecule has 6 nitrogen and oxygen atoms in total. The summed E-state index contributed by atoms with van der Waals surface area (Å²) >= 11 is 0. The number of halogens is 2. The normalized spacial score (nSPS) is 11.0. The topological polar surface area (TPSA) is 63.4 Å². The fraction of sp³-hybridized carbons (Fsp3) is 0.143. The lowest BCUT2D eigenvalue weighted by atomic mass is 10.1. The lowest BCUT2D eigenvalue weighted by Gasteiger charge is -2.21. The number of hydrogen-bond acceptors (Lipinski definition) is 4. The van der Waals surface area contributed by atoms with Gasteiger partial charge in [-0.15, -0.1) is 5.10 Å². The van der Waals surface area contributed by atoms with Crippen LogP contribution in [0.5, 0.6) is 0 Å². The molecule has 0 radical (unpaired) electrons. The molecule has 0 N–H and O–H groups in total. The van der Waals surface area contributed by atoms with Crippen molar-refractivity contribution in [2.45, 2.75) is 20.4 Å². The van der Waals surface area contributed by atoms with E-state index in [1.54, 1.807) is 4.52 Å². The third-order valence-corrected chi connectivity index (χ3v) is 4.44. The van der Waals surface area contributed by atoms with E-state index in [9.17, 15) is 13.6 Å². The first-order valence-corrected chi connectivity index (χ1v) is 8.93. The molecule has 0 aliphatic rings. The average molecular weight is 393 g/mol. The first kappa shape index (κ1) is 18.7. The summed E-state index contributed by atoms with van der Waals surface area (Å²) in [7, 11) is 0. The van der Waals surface area contributed by atoms with Crippen LogP contribution in [0.4, 0.5) is 14.5 Å². The minimum Gasteiger partial charge on any atom is -0.301 e. The van der Waals surface area contributed by atoms with Gasteiger partial charge in [0.2, 0.25) is 0 Å². The van der Waals surface area contributed by atoms with E-state index in [0.717, 1.165) is 11.4 Å². The summed E-state index contributed by atoms with van der Waals surface area (Å²) in [6.07, 6.45) is 0. The molecule has 0 atom stereocenters. The van der Waals surface area contributed by atoms with Gasteiger partial charge in [-0.05, 0) is 68.4 Å². The Morgan fingerprint density at radius 3 is 2.24 bits per heavy atom. The van der Waals surface area contributed by atoms with Gasteiger partial charge >= 0.3 is 0 Å². The van der Waals surface area contributed by atoms with Crippen LogP contribution in [0.2, 0.25) is 0 Å². The van der Waals surface area contributed by atoms with Crippen molar-refractivity contribution in [3.05, 3.63) is 89.0 Å². The largest absolute Gasteiger partial charge is 0.301 e. The predicted octanol–water partition coefficient (Wildman–Crippen LogP) is 3.87. The van der Waals surface area contributed by atoms with Crippen LogP contribution >= 0.6 is 0 Å². The Hall–Kier alpha value is -3.68. The van der Waals surface area contributed by atoms with Crippen molar-refractivity contribution in [1.82, 2.24) is 19.6 Å². The molecule has 0 fully saturated rings. The van der Waals surface area contributed by atoms with Gasteiger partial charge in [0, 0.05) is 22.6 Å². The highest BCUT2D eigenvalue weighted by molar-refractivity contribution is 6.05. The van der Waals surface area contributed by atoms with Crippen LogP contribution in [-0.2, 0) is 6.54 Å². The summed E-state index contributed by atoms with van der Waals surface area (Å²) in [6, 6.07) is 12.7. The Labute approximate surface area is 165 Å². The van der Waals surface area contributed by atoms with Crippen LogP contribution in [0.3, 0.4) is 0 Å². The van der Waals surface area contributed by atoms with Crippen LogP contribution in [0, 0.1) is 25.5 Å². The standard InChI is InChI=1S/C21H17F2N5O/c1-13-11-14(2)28-21(24-13)25-19(26-28)12-27(18-9-7-17(23)8-10-18)20(29)15-3-5-16(22)6-4-15/h3-11H,12H2,1-2H3. The summed E-state index contributed by atoms with van der Waals surface area (Å²) < 4.78 is 28.2. The molecule has 8 heteroatoms. The Balaban J connectivity index is 1.74.